The number of carbonyl (C=O) groups is 2. The summed E-state index contributed by atoms with van der Waals surface area (Å²) < 4.78 is 14.8. The Morgan fingerprint density at radius 2 is 1.29 bits per heavy atom. The Kier molecular flexibility index (Phi) is 6.79. The van der Waals surface area contributed by atoms with Gasteiger partial charge in [-0.3, -0.25) is 4.79 Å². The van der Waals surface area contributed by atoms with Gasteiger partial charge >= 0.3 is 12.1 Å². The van der Waals surface area contributed by atoms with Crippen molar-refractivity contribution in [2.24, 2.45) is 5.73 Å². The van der Waals surface area contributed by atoms with Crippen LogP contribution < -0.4 is 5.73 Å². The Morgan fingerprint density at radius 1 is 0.792 bits per heavy atom. The van der Waals surface area contributed by atoms with Crippen LogP contribution >= 0.6 is 0 Å². The first-order valence-electron chi connectivity index (χ1n) is 7.45. The number of nitrogens with two attached hydrogens (primary N) is 1. The van der Waals surface area contributed by atoms with Crippen molar-refractivity contribution in [1.29, 1.82) is 0 Å². The second-order valence-electron chi connectivity index (χ2n) is 5.04. The van der Waals surface area contributed by atoms with Crippen LogP contribution in [0.15, 0.2) is 60.7 Å². The molecular formula is C18H19NO5. The summed E-state index contributed by atoms with van der Waals surface area (Å²) in [6.07, 6.45) is -0.884. The minimum atomic E-state index is -1.06. The van der Waals surface area contributed by atoms with Crippen LogP contribution in [0, 0.1) is 0 Å². The van der Waals surface area contributed by atoms with Gasteiger partial charge < -0.3 is 19.9 Å². The molecule has 1 atom stereocenters. The van der Waals surface area contributed by atoms with Gasteiger partial charge in [0.25, 0.3) is 0 Å². The molecule has 0 radical (unpaired) electrons. The van der Waals surface area contributed by atoms with Crippen molar-refractivity contribution in [3.63, 3.8) is 0 Å². The fourth-order valence-electron chi connectivity index (χ4n) is 1.82. The summed E-state index contributed by atoms with van der Waals surface area (Å²) in [5.74, 6) is -0.644. The van der Waals surface area contributed by atoms with Crippen LogP contribution in [0.1, 0.15) is 11.1 Å². The first-order valence-corrected chi connectivity index (χ1v) is 7.45. The van der Waals surface area contributed by atoms with Crippen molar-refractivity contribution < 1.29 is 23.8 Å². The van der Waals surface area contributed by atoms with E-state index >= 15 is 0 Å². The van der Waals surface area contributed by atoms with Gasteiger partial charge in [0.1, 0.15) is 25.9 Å². The normalized spacial score (nSPS) is 11.4. The van der Waals surface area contributed by atoms with Gasteiger partial charge in [-0.1, -0.05) is 60.7 Å². The minimum absolute atomic E-state index is 0.0906. The Morgan fingerprint density at radius 3 is 1.83 bits per heavy atom. The van der Waals surface area contributed by atoms with E-state index in [2.05, 4.69) is 0 Å². The Balaban J connectivity index is 1.65. The number of hydrogen-bond acceptors (Lipinski definition) is 6. The molecule has 0 aliphatic heterocycles. The van der Waals surface area contributed by atoms with Gasteiger partial charge in [-0.15, -0.1) is 0 Å². The predicted molar refractivity (Wildman–Crippen MR) is 86.8 cm³/mol. The summed E-state index contributed by atoms with van der Waals surface area (Å²) in [6, 6.07) is 17.3. The van der Waals surface area contributed by atoms with E-state index in [0.29, 0.717) is 0 Å². The third kappa shape index (κ3) is 6.10. The highest BCUT2D eigenvalue weighted by Crippen LogP contribution is 2.03. The molecule has 2 N–H and O–H groups in total. The zero-order chi connectivity index (χ0) is 17.2. The molecule has 0 saturated carbocycles. The fourth-order valence-corrected chi connectivity index (χ4v) is 1.82. The van der Waals surface area contributed by atoms with Crippen LogP contribution in [-0.4, -0.2) is 24.8 Å². The highest BCUT2D eigenvalue weighted by Gasteiger charge is 2.18. The lowest BCUT2D eigenvalue weighted by atomic mass is 10.2. The second kappa shape index (κ2) is 9.32. The van der Waals surface area contributed by atoms with E-state index in [-0.39, 0.29) is 19.8 Å². The Hall–Kier alpha value is -2.86. The van der Waals surface area contributed by atoms with Gasteiger partial charge in [-0.2, -0.15) is 0 Å². The van der Waals surface area contributed by atoms with E-state index in [1.54, 1.807) is 0 Å². The molecule has 0 heterocycles. The summed E-state index contributed by atoms with van der Waals surface area (Å²) in [4.78, 5) is 23.2. The molecule has 0 aliphatic rings. The van der Waals surface area contributed by atoms with Crippen LogP contribution in [0.2, 0.25) is 0 Å². The number of carbonyl (C=O) groups excluding carboxylic acids is 2. The van der Waals surface area contributed by atoms with E-state index in [1.165, 1.54) is 0 Å². The second-order valence-corrected chi connectivity index (χ2v) is 5.04. The fraction of sp³-hybridized carbons (Fsp3) is 0.222. The molecule has 0 saturated heterocycles. The zero-order valence-corrected chi connectivity index (χ0v) is 13.1. The maximum Gasteiger partial charge on any atom is 0.508 e. The standard InChI is InChI=1S/C18H19NO5/c19-16(17(20)22-11-14-7-3-1-4-8-14)13-24-18(21)23-12-15-9-5-2-6-10-15/h1-10,16H,11-13,19H2/t16-/m0/s1. The zero-order valence-electron chi connectivity index (χ0n) is 13.1. The maximum absolute atomic E-state index is 11.7. The lowest BCUT2D eigenvalue weighted by Crippen LogP contribution is -2.37. The van der Waals surface area contributed by atoms with E-state index in [4.69, 9.17) is 19.9 Å². The smallest absolute Gasteiger partial charge is 0.460 e. The van der Waals surface area contributed by atoms with E-state index < -0.39 is 18.2 Å². The van der Waals surface area contributed by atoms with Crippen molar-refractivity contribution >= 4 is 12.1 Å². The largest absolute Gasteiger partial charge is 0.508 e. The Bertz CT molecular complexity index is 645. The molecule has 0 fully saturated rings. The highest BCUT2D eigenvalue weighted by molar-refractivity contribution is 5.76. The van der Waals surface area contributed by atoms with Crippen molar-refractivity contribution in [2.45, 2.75) is 19.3 Å². The molecule has 0 aliphatic carbocycles. The molecule has 6 heteroatoms. The number of ether oxygens (including phenoxy) is 3. The molecule has 2 aromatic rings. The summed E-state index contributed by atoms with van der Waals surface area (Å²) in [6.45, 7) is -0.0968. The van der Waals surface area contributed by atoms with Crippen LogP contribution in [0.5, 0.6) is 0 Å². The molecule has 6 nitrogen and oxygen atoms in total. The quantitative estimate of drug-likeness (QED) is 0.785. The van der Waals surface area contributed by atoms with Gasteiger partial charge in [0, 0.05) is 0 Å². The van der Waals surface area contributed by atoms with E-state index in [0.717, 1.165) is 11.1 Å². The van der Waals surface area contributed by atoms with Crippen molar-refractivity contribution in [1.82, 2.24) is 0 Å². The van der Waals surface area contributed by atoms with Gasteiger partial charge in [0.2, 0.25) is 0 Å². The van der Waals surface area contributed by atoms with Crippen LogP contribution in [-0.2, 0) is 32.2 Å². The summed E-state index contributed by atoms with van der Waals surface area (Å²) in [5.41, 5.74) is 7.31. The molecule has 0 spiro atoms. The average molecular weight is 329 g/mol. The third-order valence-corrected chi connectivity index (χ3v) is 3.11. The number of esters is 1. The number of hydrogen-bond donors (Lipinski definition) is 1. The van der Waals surface area contributed by atoms with Crippen LogP contribution in [0.4, 0.5) is 4.79 Å². The summed E-state index contributed by atoms with van der Waals surface area (Å²) in [7, 11) is 0. The molecule has 0 aromatic heterocycles. The first-order chi connectivity index (χ1) is 11.6. The maximum atomic E-state index is 11.7. The summed E-state index contributed by atoms with van der Waals surface area (Å²) >= 11 is 0. The lowest BCUT2D eigenvalue weighted by molar-refractivity contribution is -0.147. The predicted octanol–water partition coefficient (Wildman–Crippen LogP) is 2.41. The molecule has 24 heavy (non-hydrogen) atoms. The molecule has 126 valence electrons. The average Bonchev–Trinajstić information content (AvgIpc) is 2.64. The number of benzene rings is 2. The van der Waals surface area contributed by atoms with Crippen molar-refractivity contribution in [2.75, 3.05) is 6.61 Å². The molecule has 0 unspecified atom stereocenters. The monoisotopic (exact) mass is 329 g/mol. The molecule has 2 rings (SSSR count). The SMILES string of the molecule is N[C@@H](COC(=O)OCc1ccccc1)C(=O)OCc1ccccc1. The first kappa shape index (κ1) is 17.5. The van der Waals surface area contributed by atoms with E-state index in [1.807, 2.05) is 60.7 Å². The van der Waals surface area contributed by atoms with Gasteiger partial charge in [-0.25, -0.2) is 4.79 Å². The minimum Gasteiger partial charge on any atom is -0.460 e. The molecule has 0 amide bonds. The Labute approximate surface area is 140 Å². The van der Waals surface area contributed by atoms with Crippen molar-refractivity contribution in [3.05, 3.63) is 71.8 Å². The molecule has 0 bridgehead atoms. The van der Waals surface area contributed by atoms with Crippen LogP contribution in [0.3, 0.4) is 0 Å². The van der Waals surface area contributed by atoms with Gasteiger partial charge in [-0.05, 0) is 11.1 Å². The topological polar surface area (TPSA) is 87.9 Å². The third-order valence-electron chi connectivity index (χ3n) is 3.11. The molecule has 2 aromatic carbocycles. The van der Waals surface area contributed by atoms with Crippen LogP contribution in [0.25, 0.3) is 0 Å². The van der Waals surface area contributed by atoms with Crippen molar-refractivity contribution in [3.8, 4) is 0 Å². The van der Waals surface area contributed by atoms with E-state index in [9.17, 15) is 9.59 Å². The summed E-state index contributed by atoms with van der Waals surface area (Å²) in [5, 5.41) is 0. The van der Waals surface area contributed by atoms with Gasteiger partial charge in [0.15, 0.2) is 0 Å². The number of rotatable bonds is 7. The highest BCUT2D eigenvalue weighted by atomic mass is 16.7. The molecular weight excluding hydrogens is 310 g/mol. The van der Waals surface area contributed by atoms with Gasteiger partial charge in [0.05, 0.1) is 0 Å². The lowest BCUT2D eigenvalue weighted by Gasteiger charge is -2.12.